The molecule has 3 aromatic carbocycles. The molecule has 100 valence electrons. The average Bonchev–Trinajstić information content (AvgIpc) is 2.47. The fraction of sp³-hybridized carbons (Fsp3) is 0.158. The number of aryl methyl sites for hydroxylation is 1. The topological polar surface area (TPSA) is 20.2 Å². The molecule has 1 heteroatoms. The molecule has 1 atom stereocenters. The van der Waals surface area contributed by atoms with Crippen molar-refractivity contribution in [3.05, 3.63) is 83.4 Å². The van der Waals surface area contributed by atoms with E-state index in [2.05, 4.69) is 30.3 Å². The molecule has 1 unspecified atom stereocenters. The van der Waals surface area contributed by atoms with E-state index in [0.717, 1.165) is 11.1 Å². The number of hydrogen-bond donors (Lipinski definition) is 1. The Morgan fingerprint density at radius 1 is 0.850 bits per heavy atom. The Morgan fingerprint density at radius 2 is 1.55 bits per heavy atom. The van der Waals surface area contributed by atoms with Crippen molar-refractivity contribution in [1.82, 2.24) is 0 Å². The number of aliphatic hydroxyl groups excluding tert-OH is 1. The van der Waals surface area contributed by atoms with Crippen LogP contribution in [0.25, 0.3) is 10.8 Å². The van der Waals surface area contributed by atoms with Gasteiger partial charge in [0.1, 0.15) is 0 Å². The fourth-order valence-corrected chi connectivity index (χ4v) is 2.66. The van der Waals surface area contributed by atoms with Crippen LogP contribution in [-0.2, 0) is 6.42 Å². The van der Waals surface area contributed by atoms with Crippen LogP contribution in [0.2, 0.25) is 0 Å². The molecule has 0 saturated heterocycles. The molecule has 3 rings (SSSR count). The highest BCUT2D eigenvalue weighted by atomic mass is 16.3. The minimum atomic E-state index is -0.447. The molecule has 0 radical (unpaired) electrons. The number of aliphatic hydroxyl groups is 1. The van der Waals surface area contributed by atoms with Gasteiger partial charge in [-0.3, -0.25) is 0 Å². The molecule has 0 saturated carbocycles. The third-order valence-corrected chi connectivity index (χ3v) is 3.79. The molecule has 0 fully saturated rings. The highest BCUT2D eigenvalue weighted by Gasteiger charge is 2.10. The second-order valence-electron chi connectivity index (χ2n) is 5.26. The summed E-state index contributed by atoms with van der Waals surface area (Å²) in [4.78, 5) is 0. The van der Waals surface area contributed by atoms with E-state index in [1.807, 2.05) is 43.3 Å². The van der Waals surface area contributed by atoms with E-state index in [1.165, 1.54) is 16.3 Å². The van der Waals surface area contributed by atoms with E-state index in [1.54, 1.807) is 0 Å². The number of rotatable bonds is 3. The Labute approximate surface area is 119 Å². The van der Waals surface area contributed by atoms with E-state index < -0.39 is 6.10 Å². The fourth-order valence-electron chi connectivity index (χ4n) is 2.66. The molecule has 0 spiro atoms. The van der Waals surface area contributed by atoms with Crippen molar-refractivity contribution in [3.8, 4) is 0 Å². The van der Waals surface area contributed by atoms with Gasteiger partial charge in [0.05, 0.1) is 6.10 Å². The third kappa shape index (κ3) is 2.59. The normalized spacial score (nSPS) is 12.5. The predicted molar refractivity (Wildman–Crippen MR) is 83.8 cm³/mol. The molecular weight excluding hydrogens is 244 g/mol. The van der Waals surface area contributed by atoms with Crippen LogP contribution in [0, 0.1) is 6.92 Å². The highest BCUT2D eigenvalue weighted by Crippen LogP contribution is 2.23. The lowest BCUT2D eigenvalue weighted by molar-refractivity contribution is 0.178. The molecule has 0 heterocycles. The Bertz CT molecular complexity index is 730. The van der Waals surface area contributed by atoms with Gasteiger partial charge >= 0.3 is 0 Å². The first-order valence-corrected chi connectivity index (χ1v) is 6.95. The smallest absolute Gasteiger partial charge is 0.0832 e. The van der Waals surface area contributed by atoms with Gasteiger partial charge in [-0.1, -0.05) is 66.7 Å². The Kier molecular flexibility index (Phi) is 3.53. The maximum absolute atomic E-state index is 10.4. The minimum Gasteiger partial charge on any atom is -0.388 e. The summed E-state index contributed by atoms with van der Waals surface area (Å²) < 4.78 is 0. The van der Waals surface area contributed by atoms with Gasteiger partial charge in [-0.2, -0.15) is 0 Å². The zero-order chi connectivity index (χ0) is 13.9. The third-order valence-electron chi connectivity index (χ3n) is 3.79. The summed E-state index contributed by atoms with van der Waals surface area (Å²) in [5.41, 5.74) is 3.32. The van der Waals surface area contributed by atoms with Crippen LogP contribution in [0.5, 0.6) is 0 Å². The lowest BCUT2D eigenvalue weighted by Crippen LogP contribution is -2.03. The van der Waals surface area contributed by atoms with Crippen LogP contribution in [0.15, 0.2) is 66.7 Å². The Hall–Kier alpha value is -2.12. The molecule has 0 bridgehead atoms. The zero-order valence-electron chi connectivity index (χ0n) is 11.6. The largest absolute Gasteiger partial charge is 0.388 e. The molecule has 0 amide bonds. The lowest BCUT2D eigenvalue weighted by Gasteiger charge is -2.14. The summed E-state index contributed by atoms with van der Waals surface area (Å²) in [6, 6.07) is 22.7. The van der Waals surface area contributed by atoms with Crippen molar-refractivity contribution in [2.75, 3.05) is 0 Å². The van der Waals surface area contributed by atoms with E-state index >= 15 is 0 Å². The molecule has 1 nitrogen and oxygen atoms in total. The van der Waals surface area contributed by atoms with Crippen molar-refractivity contribution in [3.63, 3.8) is 0 Å². The maximum atomic E-state index is 10.4. The van der Waals surface area contributed by atoms with E-state index in [4.69, 9.17) is 0 Å². The van der Waals surface area contributed by atoms with Gasteiger partial charge in [0.25, 0.3) is 0 Å². The molecule has 3 aromatic rings. The molecular formula is C19H18O. The van der Waals surface area contributed by atoms with Crippen molar-refractivity contribution < 1.29 is 5.11 Å². The number of benzene rings is 3. The molecule has 0 aliphatic heterocycles. The molecule has 0 aliphatic carbocycles. The summed E-state index contributed by atoms with van der Waals surface area (Å²) >= 11 is 0. The average molecular weight is 262 g/mol. The van der Waals surface area contributed by atoms with Gasteiger partial charge in [-0.15, -0.1) is 0 Å². The zero-order valence-corrected chi connectivity index (χ0v) is 11.6. The maximum Gasteiger partial charge on any atom is 0.0832 e. The van der Waals surface area contributed by atoms with E-state index in [9.17, 15) is 5.11 Å². The van der Waals surface area contributed by atoms with Crippen LogP contribution in [0.4, 0.5) is 0 Å². The first-order chi connectivity index (χ1) is 9.74. The Balaban J connectivity index is 1.87. The summed E-state index contributed by atoms with van der Waals surface area (Å²) in [7, 11) is 0. The van der Waals surface area contributed by atoms with E-state index in [0.29, 0.717) is 6.42 Å². The van der Waals surface area contributed by atoms with Crippen molar-refractivity contribution in [1.29, 1.82) is 0 Å². The van der Waals surface area contributed by atoms with Crippen LogP contribution in [0.1, 0.15) is 22.8 Å². The van der Waals surface area contributed by atoms with Gasteiger partial charge in [0.2, 0.25) is 0 Å². The standard InChI is InChI=1S/C19H18O/c1-14-6-2-5-9-18(14)19(20)13-15-10-11-16-7-3-4-8-17(16)12-15/h2-12,19-20H,13H2,1H3. The van der Waals surface area contributed by atoms with Crippen molar-refractivity contribution in [2.45, 2.75) is 19.4 Å². The second-order valence-corrected chi connectivity index (χ2v) is 5.26. The molecule has 20 heavy (non-hydrogen) atoms. The molecule has 0 aromatic heterocycles. The van der Waals surface area contributed by atoms with Gasteiger partial charge in [-0.25, -0.2) is 0 Å². The monoisotopic (exact) mass is 262 g/mol. The minimum absolute atomic E-state index is 0.447. The van der Waals surface area contributed by atoms with Crippen LogP contribution < -0.4 is 0 Å². The number of fused-ring (bicyclic) bond motifs is 1. The van der Waals surface area contributed by atoms with Crippen molar-refractivity contribution in [2.24, 2.45) is 0 Å². The summed E-state index contributed by atoms with van der Waals surface area (Å²) in [5, 5.41) is 12.9. The predicted octanol–water partition coefficient (Wildman–Crippen LogP) is 4.42. The number of hydrogen-bond acceptors (Lipinski definition) is 1. The summed E-state index contributed by atoms with van der Waals surface area (Å²) in [6.45, 7) is 2.04. The quantitative estimate of drug-likeness (QED) is 0.740. The van der Waals surface area contributed by atoms with Gasteiger partial charge < -0.3 is 5.11 Å². The van der Waals surface area contributed by atoms with E-state index in [-0.39, 0.29) is 0 Å². The molecule has 1 N–H and O–H groups in total. The van der Waals surface area contributed by atoms with Gasteiger partial charge in [0.15, 0.2) is 0 Å². The Morgan fingerprint density at radius 3 is 2.35 bits per heavy atom. The summed E-state index contributed by atoms with van der Waals surface area (Å²) in [6.07, 6.45) is 0.202. The van der Waals surface area contributed by atoms with Crippen LogP contribution in [0.3, 0.4) is 0 Å². The molecule has 0 aliphatic rings. The van der Waals surface area contributed by atoms with Crippen LogP contribution >= 0.6 is 0 Å². The SMILES string of the molecule is Cc1ccccc1C(O)Cc1ccc2ccccc2c1. The summed E-state index contributed by atoms with van der Waals surface area (Å²) in [5.74, 6) is 0. The van der Waals surface area contributed by atoms with Crippen LogP contribution in [-0.4, -0.2) is 5.11 Å². The first kappa shape index (κ1) is 12.9. The second kappa shape index (κ2) is 5.48. The van der Waals surface area contributed by atoms with Crippen molar-refractivity contribution >= 4 is 10.8 Å². The van der Waals surface area contributed by atoms with Gasteiger partial charge in [-0.05, 0) is 34.4 Å². The first-order valence-electron chi connectivity index (χ1n) is 6.95. The van der Waals surface area contributed by atoms with Gasteiger partial charge in [0, 0.05) is 6.42 Å². The lowest BCUT2D eigenvalue weighted by atomic mass is 9.96. The highest BCUT2D eigenvalue weighted by molar-refractivity contribution is 5.83.